The molecular formula is C21H26FO4-. The van der Waals surface area contributed by atoms with Gasteiger partial charge in [0.2, 0.25) is 6.29 Å². The van der Waals surface area contributed by atoms with Crippen molar-refractivity contribution in [2.24, 2.45) is 23.2 Å². The molecule has 1 atom stereocenters. The average molecular weight is 361 g/mol. The first-order valence-corrected chi connectivity index (χ1v) is 9.67. The molecule has 0 radical (unpaired) electrons. The lowest BCUT2D eigenvalue weighted by molar-refractivity contribution is -0.255. The van der Waals surface area contributed by atoms with Crippen LogP contribution in [0.15, 0.2) is 18.2 Å². The number of hydrogen-bond donors (Lipinski definition) is 0. The summed E-state index contributed by atoms with van der Waals surface area (Å²) in [5.74, 6) is 0.156. The molecule has 0 heterocycles. The van der Waals surface area contributed by atoms with Crippen molar-refractivity contribution in [3.63, 3.8) is 0 Å². The lowest BCUT2D eigenvalue weighted by Gasteiger charge is -2.58. The maximum atomic E-state index is 14.3. The van der Waals surface area contributed by atoms with Gasteiger partial charge >= 0.3 is 0 Å². The lowest BCUT2D eigenvalue weighted by atomic mass is 9.49. The van der Waals surface area contributed by atoms with Gasteiger partial charge in [0.05, 0.1) is 12.1 Å². The largest absolute Gasteiger partial charge is 0.545 e. The van der Waals surface area contributed by atoms with Crippen LogP contribution in [0.25, 0.3) is 0 Å². The molecule has 5 rings (SSSR count). The summed E-state index contributed by atoms with van der Waals surface area (Å²) in [6, 6.07) is 3.52. The minimum absolute atomic E-state index is 0.0552. The monoisotopic (exact) mass is 361 g/mol. The number of rotatable bonds is 6. The molecule has 0 aromatic heterocycles. The zero-order chi connectivity index (χ0) is 18.5. The van der Waals surface area contributed by atoms with E-state index in [1.807, 2.05) is 13.8 Å². The first-order valence-electron chi connectivity index (χ1n) is 9.67. The van der Waals surface area contributed by atoms with E-state index in [0.29, 0.717) is 17.8 Å². The van der Waals surface area contributed by atoms with Gasteiger partial charge in [-0.2, -0.15) is 0 Å². The number of carboxylic acids is 1. The molecule has 1 unspecified atom stereocenters. The van der Waals surface area contributed by atoms with E-state index >= 15 is 0 Å². The van der Waals surface area contributed by atoms with Gasteiger partial charge in [0.15, 0.2) is 11.6 Å². The van der Waals surface area contributed by atoms with Crippen LogP contribution < -0.4 is 9.84 Å². The topological polar surface area (TPSA) is 58.6 Å². The number of aromatic carboxylic acids is 1. The molecule has 1 aromatic rings. The molecule has 4 nitrogen and oxygen atoms in total. The van der Waals surface area contributed by atoms with Crippen LogP contribution in [0.5, 0.6) is 5.75 Å². The Balaban J connectivity index is 1.64. The number of carbonyl (C=O) groups excluding carboxylic acids is 1. The fourth-order valence-corrected chi connectivity index (χ4v) is 5.85. The second-order valence-electron chi connectivity index (χ2n) is 8.85. The average Bonchev–Trinajstić information content (AvgIpc) is 2.54. The molecule has 4 saturated carbocycles. The molecule has 4 aliphatic rings. The molecule has 26 heavy (non-hydrogen) atoms. The van der Waals surface area contributed by atoms with Gasteiger partial charge in [-0.05, 0) is 88.3 Å². The van der Waals surface area contributed by atoms with Gasteiger partial charge in [-0.15, -0.1) is 0 Å². The predicted octanol–water partition coefficient (Wildman–Crippen LogP) is 3.54. The second-order valence-corrected chi connectivity index (χ2v) is 8.85. The van der Waals surface area contributed by atoms with Crippen molar-refractivity contribution in [2.75, 3.05) is 0 Å². The Morgan fingerprint density at radius 2 is 1.73 bits per heavy atom. The Labute approximate surface area is 153 Å². The third kappa shape index (κ3) is 3.22. The maximum Gasteiger partial charge on any atom is 0.205 e. The molecule has 0 spiro atoms. The molecule has 0 amide bonds. The van der Waals surface area contributed by atoms with E-state index in [2.05, 4.69) is 0 Å². The van der Waals surface area contributed by atoms with Gasteiger partial charge in [-0.25, -0.2) is 4.39 Å². The van der Waals surface area contributed by atoms with Gasteiger partial charge in [-0.3, -0.25) is 0 Å². The summed E-state index contributed by atoms with van der Waals surface area (Å²) in [4.78, 5) is 11.1. The molecule has 0 N–H and O–H groups in total. The highest BCUT2D eigenvalue weighted by molar-refractivity contribution is 5.86. The van der Waals surface area contributed by atoms with Crippen molar-refractivity contribution < 1.29 is 23.8 Å². The van der Waals surface area contributed by atoms with Crippen molar-refractivity contribution in [1.82, 2.24) is 0 Å². The van der Waals surface area contributed by atoms with E-state index in [-0.39, 0.29) is 22.8 Å². The second kappa shape index (κ2) is 6.52. The summed E-state index contributed by atoms with van der Waals surface area (Å²) in [6.45, 7) is 3.90. The molecule has 142 valence electrons. The van der Waals surface area contributed by atoms with Crippen molar-refractivity contribution in [3.05, 3.63) is 29.6 Å². The number of ether oxygens (including phenoxy) is 2. The normalized spacial score (nSPS) is 33.5. The lowest BCUT2D eigenvalue weighted by Crippen LogP contribution is -2.54. The maximum absolute atomic E-state index is 14.3. The van der Waals surface area contributed by atoms with Crippen molar-refractivity contribution in [3.8, 4) is 5.75 Å². The van der Waals surface area contributed by atoms with Crippen LogP contribution in [0.2, 0.25) is 0 Å². The Bertz CT molecular complexity index is 664. The number of halogens is 1. The fraction of sp³-hybridized carbons (Fsp3) is 0.667. The van der Waals surface area contributed by atoms with E-state index in [0.717, 1.165) is 25.3 Å². The molecular weight excluding hydrogens is 335 g/mol. The number of benzene rings is 1. The molecule has 4 bridgehead atoms. The minimum Gasteiger partial charge on any atom is -0.545 e. The van der Waals surface area contributed by atoms with Gasteiger partial charge in [0.25, 0.3) is 0 Å². The van der Waals surface area contributed by atoms with E-state index in [1.54, 1.807) is 0 Å². The summed E-state index contributed by atoms with van der Waals surface area (Å²) in [7, 11) is 0. The highest BCUT2D eigenvalue weighted by atomic mass is 19.1. The van der Waals surface area contributed by atoms with Crippen LogP contribution in [-0.4, -0.2) is 18.4 Å². The van der Waals surface area contributed by atoms with Crippen molar-refractivity contribution in [2.45, 2.75) is 64.8 Å². The van der Waals surface area contributed by atoms with Gasteiger partial charge in [0.1, 0.15) is 0 Å². The van der Waals surface area contributed by atoms with E-state index < -0.39 is 18.1 Å². The Hall–Kier alpha value is -1.62. The zero-order valence-electron chi connectivity index (χ0n) is 15.4. The first kappa shape index (κ1) is 17.8. The van der Waals surface area contributed by atoms with Crippen LogP contribution in [0.1, 0.15) is 62.7 Å². The molecule has 0 aliphatic heterocycles. The van der Waals surface area contributed by atoms with Crippen molar-refractivity contribution in [1.29, 1.82) is 0 Å². The third-order valence-corrected chi connectivity index (χ3v) is 6.38. The van der Waals surface area contributed by atoms with Crippen LogP contribution >= 0.6 is 0 Å². The molecule has 4 aliphatic carbocycles. The molecule has 4 fully saturated rings. The number of hydrogen-bond acceptors (Lipinski definition) is 4. The van der Waals surface area contributed by atoms with Gasteiger partial charge in [-0.1, -0.05) is 0 Å². The third-order valence-electron chi connectivity index (χ3n) is 6.38. The molecule has 5 heteroatoms. The Morgan fingerprint density at radius 3 is 2.23 bits per heavy atom. The van der Waals surface area contributed by atoms with E-state index in [4.69, 9.17) is 9.47 Å². The number of carbonyl (C=O) groups is 1. The fourth-order valence-electron chi connectivity index (χ4n) is 5.85. The minimum atomic E-state index is -1.34. The highest BCUT2D eigenvalue weighted by Crippen LogP contribution is 2.62. The van der Waals surface area contributed by atoms with Crippen molar-refractivity contribution >= 4 is 5.97 Å². The van der Waals surface area contributed by atoms with Crippen LogP contribution in [0.3, 0.4) is 0 Å². The first-order chi connectivity index (χ1) is 12.3. The van der Waals surface area contributed by atoms with Gasteiger partial charge in [0, 0.05) is 11.0 Å². The molecule has 0 saturated heterocycles. The summed E-state index contributed by atoms with van der Waals surface area (Å²) < 4.78 is 26.5. The van der Waals surface area contributed by atoms with Crippen LogP contribution in [0.4, 0.5) is 4.39 Å². The highest BCUT2D eigenvalue weighted by Gasteiger charge is 2.56. The Morgan fingerprint density at radius 1 is 1.15 bits per heavy atom. The van der Waals surface area contributed by atoms with E-state index in [1.165, 1.54) is 31.4 Å². The smallest absolute Gasteiger partial charge is 0.205 e. The van der Waals surface area contributed by atoms with Crippen LogP contribution in [-0.2, 0) is 4.74 Å². The quantitative estimate of drug-likeness (QED) is 0.727. The zero-order valence-corrected chi connectivity index (χ0v) is 15.4. The summed E-state index contributed by atoms with van der Waals surface area (Å²) in [6.07, 6.45) is 6.43. The summed E-state index contributed by atoms with van der Waals surface area (Å²) >= 11 is 0. The molecule has 1 aromatic carbocycles. The van der Waals surface area contributed by atoms with E-state index in [9.17, 15) is 14.3 Å². The number of carboxylic acid groups (broad SMARTS) is 1. The summed E-state index contributed by atoms with van der Waals surface area (Å²) in [5.41, 5.74) is -0.182. The predicted molar refractivity (Wildman–Crippen MR) is 92.0 cm³/mol. The summed E-state index contributed by atoms with van der Waals surface area (Å²) in [5, 5.41) is 11.1. The van der Waals surface area contributed by atoms with Gasteiger partial charge < -0.3 is 19.4 Å². The van der Waals surface area contributed by atoms with Crippen LogP contribution in [0, 0.1) is 29.0 Å². The Kier molecular flexibility index (Phi) is 4.46. The standard InChI is InChI=1S/C21H27FO4/c1-12(2)25-20(26-18-8-16(19(23)24)3-4-17(18)22)21-9-13-5-14(10-21)7-15(6-13)11-21/h3-4,8,12-15,20H,5-7,9-11H2,1-2H3,(H,23,24)/p-1. The SMILES string of the molecule is CC(C)OC(Oc1cc(C(=O)[O-])ccc1F)C12CC3CC(CC(C3)C1)C2.